The van der Waals surface area contributed by atoms with E-state index in [9.17, 15) is 17.6 Å². The first-order chi connectivity index (χ1) is 17.0. The summed E-state index contributed by atoms with van der Waals surface area (Å²) in [6.07, 6.45) is 6.66. The highest BCUT2D eigenvalue weighted by molar-refractivity contribution is 7.90. The quantitative estimate of drug-likeness (QED) is 0.266. The number of nitrogens with zero attached hydrogens (tertiary/aromatic N) is 4. The molecule has 0 amide bonds. The van der Waals surface area contributed by atoms with Crippen LogP contribution in [0.2, 0.25) is 0 Å². The van der Waals surface area contributed by atoms with Crippen LogP contribution in [0.25, 0.3) is 16.6 Å². The average molecular weight is 515 g/mol. The molecule has 0 unspecified atom stereocenters. The molecule has 0 atom stereocenters. The zero-order chi connectivity index (χ0) is 26.2. The van der Waals surface area contributed by atoms with Gasteiger partial charge >= 0.3 is 10.2 Å². The fraction of sp³-hybridized carbons (Fsp3) is 0.250. The molecule has 2 N–H and O–H groups in total. The highest BCUT2D eigenvalue weighted by Crippen LogP contribution is 2.32. The Kier molecular flexibility index (Phi) is 6.83. The first-order valence-electron chi connectivity index (χ1n) is 10.9. The zero-order valence-corrected chi connectivity index (χ0v) is 20.7. The summed E-state index contributed by atoms with van der Waals surface area (Å²) in [4.78, 5) is 28.8. The van der Waals surface area contributed by atoms with Crippen molar-refractivity contribution in [2.45, 2.75) is 19.8 Å². The van der Waals surface area contributed by atoms with Crippen molar-refractivity contribution >= 4 is 50.8 Å². The van der Waals surface area contributed by atoms with Gasteiger partial charge in [-0.2, -0.15) is 12.7 Å². The highest BCUT2D eigenvalue weighted by Gasteiger charge is 2.27. The molecule has 1 saturated carbocycles. The van der Waals surface area contributed by atoms with Crippen LogP contribution in [0, 0.1) is 17.6 Å². The van der Waals surface area contributed by atoms with Crippen molar-refractivity contribution in [3.8, 4) is 0 Å². The second-order valence-electron chi connectivity index (χ2n) is 8.59. The Bertz CT molecular complexity index is 1540. The maximum absolute atomic E-state index is 15.2. The number of aromatic amines is 1. The van der Waals surface area contributed by atoms with Crippen LogP contribution < -0.4 is 4.72 Å². The molecule has 9 nitrogen and oxygen atoms in total. The second-order valence-corrected chi connectivity index (χ2v) is 10.5. The molecule has 1 aromatic carbocycles. The number of benzene rings is 1. The molecule has 1 fully saturated rings. The lowest BCUT2D eigenvalue weighted by atomic mass is 10.0. The molecule has 0 radical (unpaired) electrons. The number of fused-ring (bicyclic) bond motifs is 1. The van der Waals surface area contributed by atoms with Gasteiger partial charge in [0.2, 0.25) is 0 Å². The summed E-state index contributed by atoms with van der Waals surface area (Å²) in [7, 11) is -1.68. The van der Waals surface area contributed by atoms with E-state index in [1.807, 2.05) is 11.6 Å². The number of carbonyl (C=O) groups is 1. The highest BCUT2D eigenvalue weighted by atomic mass is 32.2. The van der Waals surface area contributed by atoms with Gasteiger partial charge in [-0.1, -0.05) is 0 Å². The maximum atomic E-state index is 15.2. The Labute approximate surface area is 206 Å². The standard InChI is InChI=1S/C24H24F2N6O3S/c1-13(10-28-23(27-2)14-5-6-14)15-7-17-19(12-30-24(17)29-11-15)22(33)18-8-16(25)9-20(21(18)26)31-36(34,35)32(3)4/h7-12,14,31H,2,5-6H2,1,3-4H3,(H,29,30)/b13-10+,28-23-. The third-order valence-corrected chi connectivity index (χ3v) is 7.17. The van der Waals surface area contributed by atoms with Crippen LogP contribution in [0.5, 0.6) is 0 Å². The maximum Gasteiger partial charge on any atom is 0.301 e. The lowest BCUT2D eigenvalue weighted by molar-refractivity contribution is 0.103. The Hall–Kier alpha value is -3.77. The summed E-state index contributed by atoms with van der Waals surface area (Å²) in [6, 6.07) is 3.09. The molecule has 3 aromatic rings. The summed E-state index contributed by atoms with van der Waals surface area (Å²) in [6.45, 7) is 5.38. The Morgan fingerprint density at radius 3 is 2.61 bits per heavy atom. The van der Waals surface area contributed by atoms with Crippen LogP contribution in [-0.4, -0.2) is 55.1 Å². The number of hydrogen-bond donors (Lipinski definition) is 2. The van der Waals surface area contributed by atoms with Crippen LogP contribution >= 0.6 is 0 Å². The van der Waals surface area contributed by atoms with Crippen LogP contribution in [0.3, 0.4) is 0 Å². The fourth-order valence-electron chi connectivity index (χ4n) is 3.47. The van der Waals surface area contributed by atoms with Crippen molar-refractivity contribution in [1.29, 1.82) is 0 Å². The SMILES string of the molecule is C=N/C(=N\C=C(/C)c1cnc2[nH]cc(C(=O)c3cc(F)cc(NS(=O)(=O)N(C)C)c3F)c2c1)C1CC1. The third kappa shape index (κ3) is 5.09. The summed E-state index contributed by atoms with van der Waals surface area (Å²) in [5.74, 6) is -2.01. The number of hydrogen-bond acceptors (Lipinski definition) is 5. The molecule has 0 saturated heterocycles. The Morgan fingerprint density at radius 2 is 1.97 bits per heavy atom. The lowest BCUT2D eigenvalue weighted by Gasteiger charge is -2.15. The van der Waals surface area contributed by atoms with E-state index in [4.69, 9.17) is 0 Å². The Morgan fingerprint density at radius 1 is 1.25 bits per heavy atom. The minimum atomic E-state index is -4.13. The molecule has 36 heavy (non-hydrogen) atoms. The third-order valence-electron chi connectivity index (χ3n) is 5.73. The van der Waals surface area contributed by atoms with E-state index >= 15 is 4.39 Å². The number of halogens is 2. The molecule has 0 bridgehead atoms. The number of H-pyrrole nitrogens is 1. The number of ketones is 1. The van der Waals surface area contributed by atoms with Gasteiger partial charge in [-0.05, 0) is 49.8 Å². The molecule has 2 aromatic heterocycles. The predicted octanol–water partition coefficient (Wildman–Crippen LogP) is 4.16. The first-order valence-corrected chi connectivity index (χ1v) is 12.4. The summed E-state index contributed by atoms with van der Waals surface area (Å²) < 4.78 is 56.4. The van der Waals surface area contributed by atoms with Crippen LogP contribution in [0.1, 0.15) is 41.3 Å². The predicted molar refractivity (Wildman–Crippen MR) is 135 cm³/mol. The van der Waals surface area contributed by atoms with E-state index in [1.54, 1.807) is 18.5 Å². The molecule has 0 spiro atoms. The molecule has 1 aliphatic carbocycles. The van der Waals surface area contributed by atoms with Gasteiger partial charge in [0.05, 0.1) is 11.3 Å². The number of aromatic nitrogens is 2. The zero-order valence-electron chi connectivity index (χ0n) is 19.8. The molecular weight excluding hydrogens is 490 g/mol. The smallest absolute Gasteiger partial charge is 0.301 e. The molecule has 2 heterocycles. The molecule has 0 aliphatic heterocycles. The van der Waals surface area contributed by atoms with Crippen molar-refractivity contribution in [2.24, 2.45) is 15.9 Å². The van der Waals surface area contributed by atoms with Crippen LogP contribution in [0.15, 0.2) is 46.8 Å². The van der Waals surface area contributed by atoms with Crippen LogP contribution in [0.4, 0.5) is 14.5 Å². The number of nitrogens with one attached hydrogen (secondary N) is 2. The summed E-state index contributed by atoms with van der Waals surface area (Å²) in [5, 5.41) is 0.387. The molecule has 12 heteroatoms. The number of rotatable bonds is 8. The largest absolute Gasteiger partial charge is 0.345 e. The van der Waals surface area contributed by atoms with Gasteiger partial charge in [0.15, 0.2) is 11.6 Å². The number of amidine groups is 1. The topological polar surface area (TPSA) is 120 Å². The van der Waals surface area contributed by atoms with Gasteiger partial charge in [-0.15, -0.1) is 0 Å². The lowest BCUT2D eigenvalue weighted by Crippen LogP contribution is -2.29. The van der Waals surface area contributed by atoms with Crippen molar-refractivity contribution in [1.82, 2.24) is 14.3 Å². The first kappa shape index (κ1) is 25.3. The number of anilines is 1. The van der Waals surface area contributed by atoms with Crippen molar-refractivity contribution in [2.75, 3.05) is 18.8 Å². The molecule has 4 rings (SSSR count). The molecular formula is C24H24F2N6O3S. The van der Waals surface area contributed by atoms with Gasteiger partial charge in [-0.25, -0.2) is 23.7 Å². The van der Waals surface area contributed by atoms with Crippen molar-refractivity contribution in [3.05, 3.63) is 65.1 Å². The Balaban J connectivity index is 1.72. The van der Waals surface area contributed by atoms with Gasteiger partial charge in [0.1, 0.15) is 17.3 Å². The normalized spacial score (nSPS) is 14.9. The summed E-state index contributed by atoms with van der Waals surface area (Å²) in [5.41, 5.74) is 0.537. The number of carbonyl (C=O) groups excluding carboxylic acids is 1. The van der Waals surface area contributed by atoms with E-state index in [-0.39, 0.29) is 5.56 Å². The van der Waals surface area contributed by atoms with Gasteiger partial charge in [-0.3, -0.25) is 9.52 Å². The van der Waals surface area contributed by atoms with Crippen molar-refractivity contribution in [3.63, 3.8) is 0 Å². The fourth-order valence-corrected chi connectivity index (χ4v) is 4.07. The molecule has 1 aliphatic rings. The minimum absolute atomic E-state index is 0.0491. The van der Waals surface area contributed by atoms with E-state index in [0.29, 0.717) is 34.4 Å². The number of allylic oxidation sites excluding steroid dienone is 1. The van der Waals surface area contributed by atoms with E-state index < -0.39 is 38.9 Å². The number of aliphatic imine (C=N–C) groups is 2. The minimum Gasteiger partial charge on any atom is -0.345 e. The van der Waals surface area contributed by atoms with Gasteiger partial charge in [0.25, 0.3) is 0 Å². The van der Waals surface area contributed by atoms with E-state index in [2.05, 4.69) is 26.7 Å². The second kappa shape index (κ2) is 9.70. The average Bonchev–Trinajstić information content (AvgIpc) is 3.58. The number of pyridine rings is 1. The van der Waals surface area contributed by atoms with Gasteiger partial charge < -0.3 is 4.98 Å². The van der Waals surface area contributed by atoms with E-state index in [1.165, 1.54) is 20.3 Å². The monoisotopic (exact) mass is 514 g/mol. The summed E-state index contributed by atoms with van der Waals surface area (Å²) >= 11 is 0. The van der Waals surface area contributed by atoms with Crippen LogP contribution in [-0.2, 0) is 10.2 Å². The molecule has 188 valence electrons. The van der Waals surface area contributed by atoms with E-state index in [0.717, 1.165) is 28.8 Å². The van der Waals surface area contributed by atoms with Crippen molar-refractivity contribution < 1.29 is 22.0 Å². The van der Waals surface area contributed by atoms with Gasteiger partial charge in [0, 0.05) is 55.6 Å².